The molecule has 4 nitrogen and oxygen atoms in total. The van der Waals surface area contributed by atoms with Crippen LogP contribution in [0.2, 0.25) is 0 Å². The van der Waals surface area contributed by atoms with Crippen LogP contribution in [0.15, 0.2) is 6.20 Å². The summed E-state index contributed by atoms with van der Waals surface area (Å²) in [5, 5.41) is 9.91. The van der Waals surface area contributed by atoms with E-state index in [-0.39, 0.29) is 6.10 Å². The van der Waals surface area contributed by atoms with E-state index in [1.807, 2.05) is 6.20 Å². The van der Waals surface area contributed by atoms with Crippen LogP contribution >= 0.6 is 0 Å². The lowest BCUT2D eigenvalue weighted by molar-refractivity contribution is 0.138. The van der Waals surface area contributed by atoms with E-state index < -0.39 is 0 Å². The smallest absolute Gasteiger partial charge is 0.109 e. The molecule has 1 N–H and O–H groups in total. The minimum Gasteiger partial charge on any atom is -0.387 e. The number of aromatic nitrogens is 2. The van der Waals surface area contributed by atoms with E-state index in [1.165, 1.54) is 25.3 Å². The van der Waals surface area contributed by atoms with Gasteiger partial charge in [0, 0.05) is 19.5 Å². The van der Waals surface area contributed by atoms with Crippen LogP contribution < -0.4 is 0 Å². The van der Waals surface area contributed by atoms with Crippen molar-refractivity contribution in [2.45, 2.75) is 38.3 Å². The highest BCUT2D eigenvalue weighted by Gasteiger charge is 2.25. The van der Waals surface area contributed by atoms with Gasteiger partial charge in [-0.1, -0.05) is 0 Å². The summed E-state index contributed by atoms with van der Waals surface area (Å²) in [5.41, 5.74) is 1.03. The molecule has 0 bridgehead atoms. The van der Waals surface area contributed by atoms with Crippen LogP contribution in [0.25, 0.3) is 0 Å². The maximum Gasteiger partial charge on any atom is 0.109 e. The summed E-state index contributed by atoms with van der Waals surface area (Å²) in [7, 11) is 2.19. The third-order valence-electron chi connectivity index (χ3n) is 4.13. The molecule has 2 unspecified atom stereocenters. The van der Waals surface area contributed by atoms with E-state index in [0.717, 1.165) is 37.4 Å². The van der Waals surface area contributed by atoms with Crippen molar-refractivity contribution < 1.29 is 5.11 Å². The standard InChI is InChI=1S/C13H21N3O/c1-15-6-4-10(9-15)7-13-14-8-11-12(17)3-2-5-16(11)13/h8,10,12,17H,2-7,9H2,1H3. The number of fused-ring (bicyclic) bond motifs is 1. The predicted molar refractivity (Wildman–Crippen MR) is 65.7 cm³/mol. The second-order valence-electron chi connectivity index (χ2n) is 5.53. The number of hydrogen-bond donors (Lipinski definition) is 1. The summed E-state index contributed by atoms with van der Waals surface area (Å²) < 4.78 is 2.24. The molecule has 1 aromatic rings. The zero-order valence-corrected chi connectivity index (χ0v) is 10.5. The second kappa shape index (κ2) is 4.42. The monoisotopic (exact) mass is 235 g/mol. The zero-order valence-electron chi connectivity index (χ0n) is 10.5. The molecule has 0 saturated carbocycles. The van der Waals surface area contributed by atoms with Crippen LogP contribution in [0.1, 0.15) is 36.9 Å². The highest BCUT2D eigenvalue weighted by Crippen LogP contribution is 2.27. The molecule has 1 fully saturated rings. The van der Waals surface area contributed by atoms with Gasteiger partial charge in [0.05, 0.1) is 18.0 Å². The quantitative estimate of drug-likeness (QED) is 0.837. The number of nitrogens with zero attached hydrogens (tertiary/aromatic N) is 3. The Morgan fingerprint density at radius 1 is 1.41 bits per heavy atom. The summed E-state index contributed by atoms with van der Waals surface area (Å²) in [6, 6.07) is 0. The van der Waals surface area contributed by atoms with Gasteiger partial charge in [-0.15, -0.1) is 0 Å². The van der Waals surface area contributed by atoms with Crippen molar-refractivity contribution in [1.82, 2.24) is 14.5 Å². The van der Waals surface area contributed by atoms with Crippen LogP contribution in [0.4, 0.5) is 0 Å². The summed E-state index contributed by atoms with van der Waals surface area (Å²) in [4.78, 5) is 6.91. The van der Waals surface area contributed by atoms with Crippen molar-refractivity contribution in [2.24, 2.45) is 5.92 Å². The first kappa shape index (κ1) is 11.2. The Labute approximate surface area is 102 Å². The van der Waals surface area contributed by atoms with Crippen molar-refractivity contribution >= 4 is 0 Å². The molecule has 0 aliphatic carbocycles. The fourth-order valence-electron chi connectivity index (χ4n) is 3.16. The van der Waals surface area contributed by atoms with Crippen molar-refractivity contribution in [3.63, 3.8) is 0 Å². The molecule has 0 amide bonds. The molecule has 1 saturated heterocycles. The van der Waals surface area contributed by atoms with Gasteiger partial charge < -0.3 is 14.6 Å². The third kappa shape index (κ3) is 2.11. The molecular formula is C13H21N3O. The van der Waals surface area contributed by atoms with Gasteiger partial charge in [-0.25, -0.2) is 4.98 Å². The van der Waals surface area contributed by atoms with Crippen LogP contribution in [-0.4, -0.2) is 39.7 Å². The molecule has 17 heavy (non-hydrogen) atoms. The minimum atomic E-state index is -0.295. The molecule has 3 heterocycles. The largest absolute Gasteiger partial charge is 0.387 e. The van der Waals surface area contributed by atoms with Crippen molar-refractivity contribution in [3.8, 4) is 0 Å². The highest BCUT2D eigenvalue weighted by atomic mass is 16.3. The first-order valence-corrected chi connectivity index (χ1v) is 6.65. The van der Waals surface area contributed by atoms with Gasteiger partial charge in [-0.05, 0) is 38.8 Å². The Balaban J connectivity index is 1.75. The normalized spacial score (nSPS) is 29.5. The number of likely N-dealkylation sites (tertiary alicyclic amines) is 1. The molecule has 2 atom stereocenters. The first-order chi connectivity index (χ1) is 8.24. The van der Waals surface area contributed by atoms with Crippen molar-refractivity contribution in [3.05, 3.63) is 17.7 Å². The molecule has 0 radical (unpaired) electrons. The Bertz CT molecular complexity index is 401. The van der Waals surface area contributed by atoms with Crippen molar-refractivity contribution in [1.29, 1.82) is 0 Å². The molecular weight excluding hydrogens is 214 g/mol. The lowest BCUT2D eigenvalue weighted by Gasteiger charge is -2.22. The van der Waals surface area contributed by atoms with E-state index in [4.69, 9.17) is 0 Å². The zero-order chi connectivity index (χ0) is 11.8. The average molecular weight is 235 g/mol. The molecule has 3 rings (SSSR count). The Hall–Kier alpha value is -0.870. The Morgan fingerprint density at radius 3 is 3.06 bits per heavy atom. The Morgan fingerprint density at radius 2 is 2.29 bits per heavy atom. The van der Waals surface area contributed by atoms with E-state index in [2.05, 4.69) is 21.5 Å². The minimum absolute atomic E-state index is 0.295. The van der Waals surface area contributed by atoms with Gasteiger partial charge >= 0.3 is 0 Å². The van der Waals surface area contributed by atoms with Crippen LogP contribution in [-0.2, 0) is 13.0 Å². The fraction of sp³-hybridized carbons (Fsp3) is 0.769. The van der Waals surface area contributed by atoms with Gasteiger partial charge in [0.2, 0.25) is 0 Å². The number of aliphatic hydroxyl groups excluding tert-OH is 1. The van der Waals surface area contributed by atoms with Gasteiger partial charge in [-0.3, -0.25) is 0 Å². The molecule has 2 aliphatic rings. The van der Waals surface area contributed by atoms with E-state index in [0.29, 0.717) is 0 Å². The number of hydrogen-bond acceptors (Lipinski definition) is 3. The predicted octanol–water partition coefficient (Wildman–Crippen LogP) is 1.20. The number of imidazole rings is 1. The number of rotatable bonds is 2. The second-order valence-corrected chi connectivity index (χ2v) is 5.53. The first-order valence-electron chi connectivity index (χ1n) is 6.65. The molecule has 1 aromatic heterocycles. The summed E-state index contributed by atoms with van der Waals surface area (Å²) in [5.74, 6) is 1.92. The lowest BCUT2D eigenvalue weighted by atomic mass is 10.0. The van der Waals surface area contributed by atoms with E-state index in [1.54, 1.807) is 0 Å². The maximum absolute atomic E-state index is 9.91. The lowest BCUT2D eigenvalue weighted by Crippen LogP contribution is -2.19. The summed E-state index contributed by atoms with van der Waals surface area (Å²) >= 11 is 0. The highest BCUT2D eigenvalue weighted by molar-refractivity contribution is 5.11. The van der Waals surface area contributed by atoms with Gasteiger partial charge in [0.25, 0.3) is 0 Å². The molecule has 94 valence electrons. The van der Waals surface area contributed by atoms with Crippen LogP contribution in [0.5, 0.6) is 0 Å². The van der Waals surface area contributed by atoms with E-state index >= 15 is 0 Å². The average Bonchev–Trinajstić information content (AvgIpc) is 2.88. The maximum atomic E-state index is 9.91. The summed E-state index contributed by atoms with van der Waals surface area (Å²) in [6.07, 6.45) is 5.88. The Kier molecular flexibility index (Phi) is 2.92. The molecule has 2 aliphatic heterocycles. The number of aliphatic hydroxyl groups is 1. The van der Waals surface area contributed by atoms with E-state index in [9.17, 15) is 5.11 Å². The molecule has 0 aromatic carbocycles. The topological polar surface area (TPSA) is 41.3 Å². The SMILES string of the molecule is CN1CCC(Cc2ncc3n2CCCC3O)C1. The molecule has 0 spiro atoms. The van der Waals surface area contributed by atoms with Gasteiger partial charge in [-0.2, -0.15) is 0 Å². The molecule has 4 heteroatoms. The van der Waals surface area contributed by atoms with Crippen LogP contribution in [0.3, 0.4) is 0 Å². The van der Waals surface area contributed by atoms with Crippen molar-refractivity contribution in [2.75, 3.05) is 20.1 Å². The van der Waals surface area contributed by atoms with Crippen LogP contribution in [0, 0.1) is 5.92 Å². The third-order valence-corrected chi connectivity index (χ3v) is 4.13. The fourth-order valence-corrected chi connectivity index (χ4v) is 3.16. The van der Waals surface area contributed by atoms with Gasteiger partial charge in [0.1, 0.15) is 5.82 Å². The summed E-state index contributed by atoms with van der Waals surface area (Å²) in [6.45, 7) is 3.43. The van der Waals surface area contributed by atoms with Gasteiger partial charge in [0.15, 0.2) is 0 Å².